The number of aromatic nitrogens is 2. The summed E-state index contributed by atoms with van der Waals surface area (Å²) in [4.78, 5) is 46.2. The Bertz CT molecular complexity index is 2390. The van der Waals surface area contributed by atoms with Gasteiger partial charge in [-0.2, -0.15) is 0 Å². The smallest absolute Gasteiger partial charge is 0.408 e. The van der Waals surface area contributed by atoms with Crippen molar-refractivity contribution in [1.82, 2.24) is 15.3 Å². The lowest BCUT2D eigenvalue weighted by molar-refractivity contribution is -0.120. The van der Waals surface area contributed by atoms with Crippen molar-refractivity contribution in [2.75, 3.05) is 0 Å². The Hall–Kier alpha value is -6.15. The SMILES string of the molecule is CC(C)(C)OC(=O)NC(Cc1cc(F)c(F)c(F)c1)C(=O)Cc1cnc2ccccc2c1.NC(Cc1cc(F)c(F)c(F)c1)C(=O)Cc1cnc2ccccc2c1. The van der Waals surface area contributed by atoms with E-state index < -0.39 is 64.5 Å². The van der Waals surface area contributed by atoms with E-state index in [0.29, 0.717) is 11.1 Å². The van der Waals surface area contributed by atoms with Crippen molar-refractivity contribution in [2.24, 2.45) is 5.73 Å². The van der Waals surface area contributed by atoms with E-state index in [4.69, 9.17) is 10.5 Å². The van der Waals surface area contributed by atoms with Crippen LogP contribution in [0.4, 0.5) is 31.1 Å². The van der Waals surface area contributed by atoms with Gasteiger partial charge in [0.1, 0.15) is 5.60 Å². The van der Waals surface area contributed by atoms with Gasteiger partial charge >= 0.3 is 6.09 Å². The van der Waals surface area contributed by atoms with Gasteiger partial charge in [-0.25, -0.2) is 31.1 Å². The summed E-state index contributed by atoms with van der Waals surface area (Å²) in [6, 6.07) is 19.7. The molecule has 14 heteroatoms. The molecule has 0 aliphatic heterocycles. The Balaban J connectivity index is 0.000000224. The molecule has 8 nitrogen and oxygen atoms in total. The number of pyridine rings is 2. The first-order valence-electron chi connectivity index (χ1n) is 17.7. The summed E-state index contributed by atoms with van der Waals surface area (Å²) in [7, 11) is 0. The van der Waals surface area contributed by atoms with E-state index in [2.05, 4.69) is 15.3 Å². The Morgan fingerprint density at radius 3 is 1.51 bits per heavy atom. The van der Waals surface area contributed by atoms with E-state index in [1.165, 1.54) is 0 Å². The normalized spacial score (nSPS) is 12.4. The molecule has 0 saturated heterocycles. The number of ether oxygens (including phenoxy) is 1. The maximum absolute atomic E-state index is 13.7. The molecule has 3 N–H and O–H groups in total. The highest BCUT2D eigenvalue weighted by atomic mass is 19.2. The van der Waals surface area contributed by atoms with Crippen LogP contribution in [0.2, 0.25) is 0 Å². The summed E-state index contributed by atoms with van der Waals surface area (Å²) >= 11 is 0. The molecule has 0 radical (unpaired) electrons. The van der Waals surface area contributed by atoms with Crippen molar-refractivity contribution in [1.29, 1.82) is 0 Å². The number of para-hydroxylation sites is 2. The van der Waals surface area contributed by atoms with E-state index in [0.717, 1.165) is 46.1 Å². The first kappa shape index (κ1) is 42.0. The fraction of sp³-hybridized carbons (Fsp3) is 0.233. The number of alkyl carbamates (subject to hydrolysis) is 1. The number of nitrogens with one attached hydrogen (secondary N) is 1. The summed E-state index contributed by atoms with van der Waals surface area (Å²) in [5.74, 6) is -9.18. The molecule has 2 heterocycles. The quantitative estimate of drug-likeness (QED) is 0.100. The van der Waals surface area contributed by atoms with Crippen LogP contribution in [0.5, 0.6) is 0 Å². The van der Waals surface area contributed by atoms with E-state index in [1.807, 2.05) is 60.7 Å². The molecule has 6 aromatic rings. The molecule has 2 unspecified atom stereocenters. The van der Waals surface area contributed by atoms with Gasteiger partial charge in [0.25, 0.3) is 0 Å². The Morgan fingerprint density at radius 2 is 1.05 bits per heavy atom. The van der Waals surface area contributed by atoms with Gasteiger partial charge in [-0.05, 0) is 98.0 Å². The molecular weight excluding hydrogens is 750 g/mol. The van der Waals surface area contributed by atoms with Crippen LogP contribution in [0.1, 0.15) is 43.0 Å². The van der Waals surface area contributed by atoms with Crippen LogP contribution in [0.15, 0.2) is 97.3 Å². The Kier molecular flexibility index (Phi) is 13.4. The standard InChI is InChI=1S/C24H23F3N2O3.C19H15F3N2O/c1-24(2,3)32-23(31)29-20(11-14-9-17(25)22(27)18(26)10-14)21(30)12-15-8-16-6-4-5-7-19(16)28-13-15;20-14-6-11(7-15(21)19(14)22)8-16(23)18(25)9-12-5-13-3-1-2-4-17(13)24-10-12/h4-10,13,20H,11-12H2,1-3H3,(H,29,31);1-7,10,16H,8-9,23H2. The molecule has 2 atom stereocenters. The molecule has 0 saturated carbocycles. The molecule has 0 spiro atoms. The number of ketones is 2. The van der Waals surface area contributed by atoms with Crippen molar-refractivity contribution in [3.63, 3.8) is 0 Å². The third kappa shape index (κ3) is 11.7. The minimum Gasteiger partial charge on any atom is -0.444 e. The second kappa shape index (κ2) is 18.2. The highest BCUT2D eigenvalue weighted by molar-refractivity contribution is 5.90. The van der Waals surface area contributed by atoms with Crippen LogP contribution in [0.25, 0.3) is 21.8 Å². The zero-order valence-electron chi connectivity index (χ0n) is 31.1. The maximum Gasteiger partial charge on any atom is 0.408 e. The van der Waals surface area contributed by atoms with Gasteiger partial charge in [-0.3, -0.25) is 19.6 Å². The largest absolute Gasteiger partial charge is 0.444 e. The van der Waals surface area contributed by atoms with Crippen LogP contribution in [0.3, 0.4) is 0 Å². The topological polar surface area (TPSA) is 124 Å². The molecule has 6 rings (SSSR count). The van der Waals surface area contributed by atoms with Crippen molar-refractivity contribution in [3.05, 3.63) is 154 Å². The Labute approximate surface area is 324 Å². The summed E-state index contributed by atoms with van der Waals surface area (Å²) < 4.78 is 85.3. The van der Waals surface area contributed by atoms with Gasteiger partial charge in [0.05, 0.1) is 23.1 Å². The number of nitrogens with zero attached hydrogens (tertiary/aromatic N) is 2. The molecule has 0 aliphatic rings. The van der Waals surface area contributed by atoms with Crippen molar-refractivity contribution < 1.29 is 45.5 Å². The number of carbonyl (C=O) groups is 3. The van der Waals surface area contributed by atoms with Crippen LogP contribution < -0.4 is 11.1 Å². The molecule has 0 bridgehead atoms. The summed E-state index contributed by atoms with van der Waals surface area (Å²) in [6.45, 7) is 4.98. The molecule has 2 aromatic heterocycles. The summed E-state index contributed by atoms with van der Waals surface area (Å²) in [6.07, 6.45) is 1.97. The molecule has 296 valence electrons. The fourth-order valence-electron chi connectivity index (χ4n) is 5.83. The lowest BCUT2D eigenvalue weighted by Crippen LogP contribution is -2.45. The molecule has 57 heavy (non-hydrogen) atoms. The minimum absolute atomic E-state index is 0.0208. The number of halogens is 6. The lowest BCUT2D eigenvalue weighted by atomic mass is 9.97. The van der Waals surface area contributed by atoms with Gasteiger partial charge in [-0.15, -0.1) is 0 Å². The number of hydrogen-bond donors (Lipinski definition) is 2. The van der Waals surface area contributed by atoms with Crippen molar-refractivity contribution >= 4 is 39.5 Å². The van der Waals surface area contributed by atoms with Gasteiger partial charge in [-0.1, -0.05) is 36.4 Å². The summed E-state index contributed by atoms with van der Waals surface area (Å²) in [5.41, 5.74) is 8.09. The second-order valence-electron chi connectivity index (χ2n) is 14.3. The van der Waals surface area contributed by atoms with E-state index in [9.17, 15) is 40.7 Å². The molecular formula is C43H38F6N4O4. The van der Waals surface area contributed by atoms with Crippen LogP contribution in [-0.4, -0.2) is 45.3 Å². The predicted molar refractivity (Wildman–Crippen MR) is 202 cm³/mol. The molecule has 1 amide bonds. The lowest BCUT2D eigenvalue weighted by Gasteiger charge is -2.23. The highest BCUT2D eigenvalue weighted by Gasteiger charge is 2.26. The molecule has 0 aliphatic carbocycles. The van der Waals surface area contributed by atoms with Crippen molar-refractivity contribution in [2.45, 2.75) is 64.1 Å². The number of carbonyl (C=O) groups excluding carboxylic acids is 3. The minimum atomic E-state index is -1.60. The highest BCUT2D eigenvalue weighted by Crippen LogP contribution is 2.20. The van der Waals surface area contributed by atoms with Gasteiger partial charge < -0.3 is 15.8 Å². The first-order chi connectivity index (χ1) is 26.9. The number of hydrogen-bond acceptors (Lipinski definition) is 7. The number of benzene rings is 4. The number of Topliss-reactive ketones (excluding diaryl/α,β-unsaturated/α-hetero) is 2. The number of rotatable bonds is 11. The van der Waals surface area contributed by atoms with Crippen LogP contribution in [0, 0.1) is 34.9 Å². The van der Waals surface area contributed by atoms with Crippen LogP contribution >= 0.6 is 0 Å². The number of nitrogens with two attached hydrogens (primary N) is 1. The Morgan fingerprint density at radius 1 is 0.632 bits per heavy atom. The average molecular weight is 789 g/mol. The number of amides is 1. The van der Waals surface area contributed by atoms with Crippen LogP contribution in [-0.2, 0) is 40.0 Å². The predicted octanol–water partition coefficient (Wildman–Crippen LogP) is 8.23. The average Bonchev–Trinajstić information content (AvgIpc) is 3.15. The fourth-order valence-corrected chi connectivity index (χ4v) is 5.83. The third-order valence-corrected chi connectivity index (χ3v) is 8.53. The second-order valence-corrected chi connectivity index (χ2v) is 14.3. The van der Waals surface area contributed by atoms with Gasteiger partial charge in [0.2, 0.25) is 0 Å². The van der Waals surface area contributed by atoms with E-state index in [1.54, 1.807) is 33.2 Å². The summed E-state index contributed by atoms with van der Waals surface area (Å²) in [5, 5.41) is 4.21. The zero-order chi connectivity index (χ0) is 41.4. The van der Waals surface area contributed by atoms with E-state index in [-0.39, 0.29) is 42.6 Å². The first-order valence-corrected chi connectivity index (χ1v) is 17.7. The van der Waals surface area contributed by atoms with E-state index >= 15 is 0 Å². The molecule has 4 aromatic carbocycles. The molecule has 0 fully saturated rings. The maximum atomic E-state index is 13.7. The van der Waals surface area contributed by atoms with Gasteiger partial charge in [0.15, 0.2) is 46.5 Å². The number of fused-ring (bicyclic) bond motifs is 2. The van der Waals surface area contributed by atoms with Gasteiger partial charge in [0, 0.05) is 42.4 Å². The van der Waals surface area contributed by atoms with Crippen molar-refractivity contribution in [3.8, 4) is 0 Å². The third-order valence-electron chi connectivity index (χ3n) is 8.53. The zero-order valence-corrected chi connectivity index (χ0v) is 31.1. The monoisotopic (exact) mass is 788 g/mol.